The average molecular weight is 405 g/mol. The first-order valence-electron chi connectivity index (χ1n) is 8.98. The van der Waals surface area contributed by atoms with E-state index >= 15 is 0 Å². The van der Waals surface area contributed by atoms with Gasteiger partial charge in [0.05, 0.1) is 17.7 Å². The quantitative estimate of drug-likeness (QED) is 0.278. The standard InChI is InChI=1S/C18H23N5O6/c1-12(20-21-17(25)18(26)22-8-4-3-5-9-22)10-16(24)19-14-11-13(23(27)28)6-7-15(14)29-2/h6-7,10-11,20H,3-5,8-9H2,1-2H3,(H,19,24)(H,21,25). The minimum Gasteiger partial charge on any atom is -0.495 e. The van der Waals surface area contributed by atoms with E-state index in [9.17, 15) is 24.5 Å². The number of amides is 3. The van der Waals surface area contributed by atoms with Crippen LogP contribution in [0.1, 0.15) is 26.2 Å². The Bertz CT molecular complexity index is 832. The third-order valence-corrected chi connectivity index (χ3v) is 4.21. The third-order valence-electron chi connectivity index (χ3n) is 4.21. The van der Waals surface area contributed by atoms with Crippen LogP contribution in [0.25, 0.3) is 0 Å². The van der Waals surface area contributed by atoms with Crippen molar-refractivity contribution in [3.05, 3.63) is 40.1 Å². The molecule has 11 heteroatoms. The first kappa shape index (κ1) is 21.7. The van der Waals surface area contributed by atoms with Gasteiger partial charge in [0.25, 0.3) is 5.69 Å². The molecule has 1 fully saturated rings. The molecule has 1 aliphatic heterocycles. The number of nitro groups is 1. The van der Waals surface area contributed by atoms with Gasteiger partial charge in [0, 0.05) is 37.0 Å². The van der Waals surface area contributed by atoms with Crippen molar-refractivity contribution in [2.24, 2.45) is 0 Å². The molecule has 1 saturated heterocycles. The number of rotatable bonds is 6. The summed E-state index contributed by atoms with van der Waals surface area (Å²) in [6.07, 6.45) is 3.90. The van der Waals surface area contributed by atoms with Crippen molar-refractivity contribution in [1.82, 2.24) is 15.8 Å². The van der Waals surface area contributed by atoms with Gasteiger partial charge in [0.1, 0.15) is 5.75 Å². The molecule has 3 N–H and O–H groups in total. The van der Waals surface area contributed by atoms with Gasteiger partial charge in [-0.25, -0.2) is 0 Å². The number of hydrogen-bond donors (Lipinski definition) is 3. The second kappa shape index (κ2) is 10.1. The summed E-state index contributed by atoms with van der Waals surface area (Å²) in [5.74, 6) is -1.80. The van der Waals surface area contributed by atoms with Gasteiger partial charge in [-0.3, -0.25) is 29.9 Å². The van der Waals surface area contributed by atoms with Crippen molar-refractivity contribution in [2.75, 3.05) is 25.5 Å². The highest BCUT2D eigenvalue weighted by Crippen LogP contribution is 2.28. The van der Waals surface area contributed by atoms with Crippen molar-refractivity contribution in [3.63, 3.8) is 0 Å². The normalized spacial score (nSPS) is 14.0. The second-order valence-electron chi connectivity index (χ2n) is 6.39. The lowest BCUT2D eigenvalue weighted by Crippen LogP contribution is -2.48. The number of non-ortho nitro benzene ring substituents is 1. The molecule has 1 aliphatic rings. The molecule has 0 spiro atoms. The smallest absolute Gasteiger partial charge is 0.327 e. The minimum absolute atomic E-state index is 0.125. The molecule has 156 valence electrons. The van der Waals surface area contributed by atoms with Crippen LogP contribution in [0.3, 0.4) is 0 Å². The van der Waals surface area contributed by atoms with Crippen LogP contribution < -0.4 is 20.9 Å². The zero-order chi connectivity index (χ0) is 21.4. The number of carbonyl (C=O) groups is 3. The van der Waals surface area contributed by atoms with Crippen LogP contribution in [0.4, 0.5) is 11.4 Å². The van der Waals surface area contributed by atoms with E-state index in [1.165, 1.54) is 37.1 Å². The fraction of sp³-hybridized carbons (Fsp3) is 0.389. The van der Waals surface area contributed by atoms with Gasteiger partial charge in [-0.2, -0.15) is 0 Å². The number of methoxy groups -OCH3 is 1. The Morgan fingerprint density at radius 2 is 1.86 bits per heavy atom. The molecule has 3 amide bonds. The summed E-state index contributed by atoms with van der Waals surface area (Å²) in [5, 5.41) is 13.4. The van der Waals surface area contributed by atoms with Gasteiger partial charge < -0.3 is 20.4 Å². The third kappa shape index (κ3) is 6.19. The number of piperidine rings is 1. The number of ether oxygens (including phenoxy) is 1. The number of carbonyl (C=O) groups excluding carboxylic acids is 3. The number of anilines is 1. The molecule has 11 nitrogen and oxygen atoms in total. The van der Waals surface area contributed by atoms with Crippen molar-refractivity contribution in [1.29, 1.82) is 0 Å². The molecule has 1 aromatic rings. The predicted octanol–water partition coefficient (Wildman–Crippen LogP) is 1.08. The number of allylic oxidation sites excluding steroid dienone is 1. The zero-order valence-corrected chi connectivity index (χ0v) is 16.2. The highest BCUT2D eigenvalue weighted by molar-refractivity contribution is 6.34. The number of hydrogen-bond acceptors (Lipinski definition) is 7. The molecule has 1 aromatic carbocycles. The fourth-order valence-corrected chi connectivity index (χ4v) is 2.76. The Morgan fingerprint density at radius 3 is 2.48 bits per heavy atom. The molecule has 0 atom stereocenters. The Balaban J connectivity index is 1.93. The average Bonchev–Trinajstić information content (AvgIpc) is 2.71. The largest absolute Gasteiger partial charge is 0.495 e. The van der Waals surface area contributed by atoms with Crippen LogP contribution in [0.5, 0.6) is 5.75 Å². The maximum Gasteiger partial charge on any atom is 0.327 e. The van der Waals surface area contributed by atoms with Crippen molar-refractivity contribution >= 4 is 29.1 Å². The number of likely N-dealkylation sites (tertiary alicyclic amines) is 1. The number of nitrogens with zero attached hydrogens (tertiary/aromatic N) is 2. The van der Waals surface area contributed by atoms with E-state index in [0.717, 1.165) is 25.3 Å². The molecular formula is C18H23N5O6. The summed E-state index contributed by atoms with van der Waals surface area (Å²) < 4.78 is 5.08. The first-order valence-corrected chi connectivity index (χ1v) is 8.98. The number of hydrazine groups is 1. The summed E-state index contributed by atoms with van der Waals surface area (Å²) in [5.41, 5.74) is 4.92. The molecule has 0 unspecified atom stereocenters. The second-order valence-corrected chi connectivity index (χ2v) is 6.39. The Morgan fingerprint density at radius 1 is 1.17 bits per heavy atom. The van der Waals surface area contributed by atoms with Gasteiger partial charge >= 0.3 is 11.8 Å². The van der Waals surface area contributed by atoms with E-state index in [1.807, 2.05) is 0 Å². The number of nitrogens with one attached hydrogen (secondary N) is 3. The Kier molecular flexibility index (Phi) is 7.52. The molecule has 2 rings (SSSR count). The summed E-state index contributed by atoms with van der Waals surface area (Å²) >= 11 is 0. The number of nitro benzene ring substituents is 1. The maximum atomic E-state index is 12.2. The Labute approximate surface area is 167 Å². The summed E-state index contributed by atoms with van der Waals surface area (Å²) in [6, 6.07) is 3.80. The zero-order valence-electron chi connectivity index (χ0n) is 16.2. The van der Waals surface area contributed by atoms with E-state index in [2.05, 4.69) is 16.2 Å². The predicted molar refractivity (Wildman–Crippen MR) is 104 cm³/mol. The van der Waals surface area contributed by atoms with Crippen LogP contribution in [-0.4, -0.2) is 47.7 Å². The van der Waals surface area contributed by atoms with E-state index in [4.69, 9.17) is 4.74 Å². The summed E-state index contributed by atoms with van der Waals surface area (Å²) in [4.78, 5) is 47.9. The SMILES string of the molecule is COc1ccc([N+](=O)[O-])cc1NC(=O)C=C(C)NNC(=O)C(=O)N1CCCCC1. The maximum absolute atomic E-state index is 12.2. The lowest BCUT2D eigenvalue weighted by molar-refractivity contribution is -0.384. The van der Waals surface area contributed by atoms with Crippen molar-refractivity contribution in [2.45, 2.75) is 26.2 Å². The molecule has 0 saturated carbocycles. The molecule has 1 heterocycles. The van der Waals surface area contributed by atoms with Crippen LogP contribution >= 0.6 is 0 Å². The van der Waals surface area contributed by atoms with E-state index in [-0.39, 0.29) is 22.8 Å². The van der Waals surface area contributed by atoms with Gasteiger partial charge in [0.2, 0.25) is 5.91 Å². The van der Waals surface area contributed by atoms with Gasteiger partial charge in [-0.1, -0.05) is 0 Å². The topological polar surface area (TPSA) is 143 Å². The highest BCUT2D eigenvalue weighted by atomic mass is 16.6. The van der Waals surface area contributed by atoms with E-state index in [1.54, 1.807) is 0 Å². The lowest BCUT2D eigenvalue weighted by atomic mass is 10.1. The lowest BCUT2D eigenvalue weighted by Gasteiger charge is -2.25. The number of benzene rings is 1. The van der Waals surface area contributed by atoms with Crippen molar-refractivity contribution in [3.8, 4) is 5.75 Å². The summed E-state index contributed by atoms with van der Waals surface area (Å²) in [7, 11) is 1.37. The molecule has 0 radical (unpaired) electrons. The van der Waals surface area contributed by atoms with Crippen molar-refractivity contribution < 1.29 is 24.0 Å². The first-order chi connectivity index (χ1) is 13.8. The molecular weight excluding hydrogens is 382 g/mol. The van der Waals surface area contributed by atoms with Gasteiger partial charge in [-0.05, 0) is 32.3 Å². The van der Waals surface area contributed by atoms with E-state index in [0.29, 0.717) is 13.1 Å². The fourth-order valence-electron chi connectivity index (χ4n) is 2.76. The van der Waals surface area contributed by atoms with E-state index < -0.39 is 22.6 Å². The van der Waals surface area contributed by atoms with Gasteiger partial charge in [0.15, 0.2) is 0 Å². The van der Waals surface area contributed by atoms with Crippen LogP contribution in [0.2, 0.25) is 0 Å². The highest BCUT2D eigenvalue weighted by Gasteiger charge is 2.23. The summed E-state index contributed by atoms with van der Waals surface area (Å²) in [6.45, 7) is 2.61. The van der Waals surface area contributed by atoms with Gasteiger partial charge in [-0.15, -0.1) is 0 Å². The molecule has 0 aliphatic carbocycles. The molecule has 0 aromatic heterocycles. The molecule has 29 heavy (non-hydrogen) atoms. The molecule has 0 bridgehead atoms. The van der Waals surface area contributed by atoms with Crippen LogP contribution in [-0.2, 0) is 14.4 Å². The monoisotopic (exact) mass is 405 g/mol. The van der Waals surface area contributed by atoms with Crippen LogP contribution in [0, 0.1) is 10.1 Å². The Hall–Kier alpha value is -3.63. The van der Waals surface area contributed by atoms with Crippen LogP contribution in [0.15, 0.2) is 30.0 Å². The minimum atomic E-state index is -0.819.